The summed E-state index contributed by atoms with van der Waals surface area (Å²) in [6, 6.07) is 2.17. The zero-order valence-electron chi connectivity index (χ0n) is 10.4. The molecule has 0 amide bonds. The Balaban J connectivity index is 2.42. The number of rotatable bonds is 3. The second-order valence-corrected chi connectivity index (χ2v) is 4.83. The fourth-order valence-corrected chi connectivity index (χ4v) is 2.30. The lowest BCUT2D eigenvalue weighted by atomic mass is 10.3. The Kier molecular flexibility index (Phi) is 4.03. The molecule has 0 aromatic carbocycles. The summed E-state index contributed by atoms with van der Waals surface area (Å²) in [5.74, 6) is -0.461. The van der Waals surface area contributed by atoms with Crippen LogP contribution < -0.4 is 0 Å². The number of hydrogen-bond donors (Lipinski definition) is 0. The van der Waals surface area contributed by atoms with Crippen LogP contribution >= 0.6 is 15.9 Å². The summed E-state index contributed by atoms with van der Waals surface area (Å²) in [5.41, 5.74) is -0.387. The van der Waals surface area contributed by atoms with Gasteiger partial charge in [0.25, 0.3) is 0 Å². The van der Waals surface area contributed by atoms with Gasteiger partial charge >= 0.3 is 12.1 Å². The molecular weight excluding hydrogens is 341 g/mol. The van der Waals surface area contributed by atoms with Gasteiger partial charge in [-0.15, -0.1) is 0 Å². The summed E-state index contributed by atoms with van der Waals surface area (Å²) in [6.07, 6.45) is -2.99. The lowest BCUT2D eigenvalue weighted by Gasteiger charge is -2.07. The van der Waals surface area contributed by atoms with Gasteiger partial charge in [-0.3, -0.25) is 4.79 Å². The zero-order chi connectivity index (χ0) is 14.9. The van der Waals surface area contributed by atoms with Crippen molar-refractivity contribution in [3.63, 3.8) is 0 Å². The van der Waals surface area contributed by atoms with E-state index < -0.39 is 17.8 Å². The minimum atomic E-state index is -4.50. The molecule has 20 heavy (non-hydrogen) atoms. The third kappa shape index (κ3) is 2.95. The van der Waals surface area contributed by atoms with Crippen molar-refractivity contribution in [1.29, 1.82) is 0 Å². The van der Waals surface area contributed by atoms with Gasteiger partial charge in [0.15, 0.2) is 0 Å². The van der Waals surface area contributed by atoms with E-state index in [-0.39, 0.29) is 18.7 Å². The molecule has 8 heteroatoms. The van der Waals surface area contributed by atoms with E-state index in [0.29, 0.717) is 9.99 Å². The van der Waals surface area contributed by atoms with Crippen LogP contribution in [0.5, 0.6) is 0 Å². The van der Waals surface area contributed by atoms with E-state index in [1.807, 2.05) is 0 Å². The maximum atomic E-state index is 12.6. The lowest BCUT2D eigenvalue weighted by molar-refractivity contribution is -0.144. The van der Waals surface area contributed by atoms with Crippen LogP contribution in [-0.4, -0.2) is 22.1 Å². The molecule has 0 spiro atoms. The summed E-state index contributed by atoms with van der Waals surface area (Å²) in [5, 5.41) is 0. The minimum Gasteiger partial charge on any atom is -0.465 e. The smallest absolute Gasteiger partial charge is 0.433 e. The fraction of sp³-hybridized carbons (Fsp3) is 0.333. The SMILES string of the molecule is CCOC(=O)Cn1cc(Br)c2nc(C(F)(F)F)ccc21. The number of carbonyl (C=O) groups excluding carboxylic acids is 1. The molecule has 0 aliphatic rings. The maximum Gasteiger partial charge on any atom is 0.433 e. The monoisotopic (exact) mass is 350 g/mol. The van der Waals surface area contributed by atoms with E-state index >= 15 is 0 Å². The number of alkyl halides is 3. The van der Waals surface area contributed by atoms with Gasteiger partial charge in [-0.25, -0.2) is 4.98 Å². The number of carbonyl (C=O) groups is 1. The average molecular weight is 351 g/mol. The van der Waals surface area contributed by atoms with Crippen LogP contribution in [0.4, 0.5) is 13.2 Å². The molecule has 0 saturated carbocycles. The predicted molar refractivity (Wildman–Crippen MR) is 69.1 cm³/mol. The van der Waals surface area contributed by atoms with E-state index in [1.54, 1.807) is 6.92 Å². The number of ether oxygens (including phenoxy) is 1. The Morgan fingerprint density at radius 2 is 2.15 bits per heavy atom. The van der Waals surface area contributed by atoms with Crippen molar-refractivity contribution in [3.05, 3.63) is 28.5 Å². The second-order valence-electron chi connectivity index (χ2n) is 3.97. The van der Waals surface area contributed by atoms with Crippen LogP contribution in [0.15, 0.2) is 22.8 Å². The highest BCUT2D eigenvalue weighted by atomic mass is 79.9. The van der Waals surface area contributed by atoms with Crippen LogP contribution in [0.2, 0.25) is 0 Å². The third-order valence-corrected chi connectivity index (χ3v) is 3.15. The van der Waals surface area contributed by atoms with Gasteiger partial charge in [0.2, 0.25) is 0 Å². The molecule has 0 radical (unpaired) electrons. The van der Waals surface area contributed by atoms with Crippen molar-refractivity contribution in [2.75, 3.05) is 6.61 Å². The molecule has 0 aliphatic carbocycles. The van der Waals surface area contributed by atoms with Crippen molar-refractivity contribution in [3.8, 4) is 0 Å². The Bertz CT molecular complexity index is 652. The number of pyridine rings is 1. The number of aromatic nitrogens is 2. The molecule has 0 fully saturated rings. The van der Waals surface area contributed by atoms with Crippen molar-refractivity contribution < 1.29 is 22.7 Å². The largest absolute Gasteiger partial charge is 0.465 e. The summed E-state index contributed by atoms with van der Waals surface area (Å²) >= 11 is 3.14. The van der Waals surface area contributed by atoms with E-state index in [9.17, 15) is 18.0 Å². The molecule has 0 N–H and O–H groups in total. The Morgan fingerprint density at radius 1 is 1.45 bits per heavy atom. The first-order valence-corrected chi connectivity index (χ1v) is 6.50. The number of fused-ring (bicyclic) bond motifs is 1. The van der Waals surface area contributed by atoms with Gasteiger partial charge in [-0.05, 0) is 35.0 Å². The van der Waals surface area contributed by atoms with Crippen LogP contribution in [-0.2, 0) is 22.3 Å². The molecule has 2 rings (SSSR count). The number of halogens is 4. The van der Waals surface area contributed by atoms with Crippen molar-refractivity contribution in [2.24, 2.45) is 0 Å². The molecule has 108 valence electrons. The summed E-state index contributed by atoms with van der Waals surface area (Å²) in [6.45, 7) is 1.84. The van der Waals surface area contributed by atoms with Crippen molar-refractivity contribution in [2.45, 2.75) is 19.6 Å². The van der Waals surface area contributed by atoms with E-state index in [4.69, 9.17) is 4.74 Å². The van der Waals surface area contributed by atoms with Crippen LogP contribution in [0.1, 0.15) is 12.6 Å². The van der Waals surface area contributed by atoms with E-state index in [0.717, 1.165) is 6.07 Å². The first-order valence-electron chi connectivity index (χ1n) is 5.71. The van der Waals surface area contributed by atoms with E-state index in [2.05, 4.69) is 20.9 Å². The first kappa shape index (κ1) is 14.8. The Labute approximate surface area is 120 Å². The third-order valence-electron chi connectivity index (χ3n) is 2.57. The van der Waals surface area contributed by atoms with Crippen LogP contribution in [0.25, 0.3) is 11.0 Å². The van der Waals surface area contributed by atoms with Crippen molar-refractivity contribution >= 4 is 32.9 Å². The second kappa shape index (κ2) is 5.43. The number of hydrogen-bond acceptors (Lipinski definition) is 3. The number of nitrogens with zero attached hydrogens (tertiary/aromatic N) is 2. The van der Waals surface area contributed by atoms with Crippen LogP contribution in [0, 0.1) is 0 Å². The number of esters is 1. The van der Waals surface area contributed by atoms with Gasteiger partial charge in [0, 0.05) is 6.20 Å². The fourth-order valence-electron chi connectivity index (χ4n) is 1.76. The van der Waals surface area contributed by atoms with Gasteiger partial charge < -0.3 is 9.30 Å². The molecule has 0 saturated heterocycles. The molecule has 2 heterocycles. The zero-order valence-corrected chi connectivity index (χ0v) is 12.0. The lowest BCUT2D eigenvalue weighted by Crippen LogP contribution is -2.13. The highest BCUT2D eigenvalue weighted by Crippen LogP contribution is 2.31. The molecule has 0 bridgehead atoms. The minimum absolute atomic E-state index is 0.0804. The quantitative estimate of drug-likeness (QED) is 0.797. The Hall–Kier alpha value is -1.57. The average Bonchev–Trinajstić information content (AvgIpc) is 2.65. The molecule has 2 aromatic heterocycles. The standard InChI is InChI=1S/C12H10BrF3N2O2/c1-2-20-10(19)6-18-5-7(13)11-8(18)3-4-9(17-11)12(14,15)16/h3-5H,2,6H2,1H3. The first-order chi connectivity index (χ1) is 9.32. The summed E-state index contributed by atoms with van der Waals surface area (Å²) in [7, 11) is 0. The maximum absolute atomic E-state index is 12.6. The Morgan fingerprint density at radius 3 is 2.75 bits per heavy atom. The van der Waals surface area contributed by atoms with Gasteiger partial charge in [-0.2, -0.15) is 13.2 Å². The molecule has 2 aromatic rings. The molecule has 0 aliphatic heterocycles. The molecule has 0 unspecified atom stereocenters. The predicted octanol–water partition coefficient (Wildman–Crippen LogP) is 3.38. The van der Waals surface area contributed by atoms with Gasteiger partial charge in [0.1, 0.15) is 17.8 Å². The molecule has 0 atom stereocenters. The van der Waals surface area contributed by atoms with Gasteiger partial charge in [-0.1, -0.05) is 0 Å². The summed E-state index contributed by atoms with van der Waals surface area (Å²) in [4.78, 5) is 15.0. The van der Waals surface area contributed by atoms with E-state index in [1.165, 1.54) is 16.8 Å². The van der Waals surface area contributed by atoms with Crippen LogP contribution in [0.3, 0.4) is 0 Å². The van der Waals surface area contributed by atoms with Crippen molar-refractivity contribution in [1.82, 2.24) is 9.55 Å². The van der Waals surface area contributed by atoms with Gasteiger partial charge in [0.05, 0.1) is 16.6 Å². The highest BCUT2D eigenvalue weighted by Gasteiger charge is 2.33. The topological polar surface area (TPSA) is 44.1 Å². The molecule has 4 nitrogen and oxygen atoms in total. The highest BCUT2D eigenvalue weighted by molar-refractivity contribution is 9.10. The summed E-state index contributed by atoms with van der Waals surface area (Å²) < 4.78 is 44.5. The molecular formula is C12H10BrF3N2O2. The normalized spacial score (nSPS) is 11.8.